The third-order valence-electron chi connectivity index (χ3n) is 5.50. The molecule has 1 unspecified atom stereocenters. The summed E-state index contributed by atoms with van der Waals surface area (Å²) < 4.78 is 11.0. The molecule has 6 nitrogen and oxygen atoms in total. The molecule has 1 saturated carbocycles. The molecule has 152 valence electrons. The molecule has 1 aliphatic rings. The maximum Gasteiger partial charge on any atom is 0.405 e. The van der Waals surface area contributed by atoms with Crippen LogP contribution >= 0.6 is 0 Å². The van der Waals surface area contributed by atoms with Crippen molar-refractivity contribution in [2.75, 3.05) is 6.54 Å². The first-order valence-electron chi connectivity index (χ1n) is 10.2. The molecule has 0 saturated heterocycles. The number of amides is 1. The van der Waals surface area contributed by atoms with E-state index in [0.29, 0.717) is 24.0 Å². The van der Waals surface area contributed by atoms with Gasteiger partial charge in [-0.15, -0.1) is 0 Å². The van der Waals surface area contributed by atoms with E-state index in [9.17, 15) is 4.79 Å². The summed E-state index contributed by atoms with van der Waals surface area (Å²) in [6.45, 7) is 4.79. The molecule has 1 fully saturated rings. The average molecular weight is 386 g/mol. The van der Waals surface area contributed by atoms with Crippen molar-refractivity contribution >= 4 is 6.09 Å². The molecule has 1 aromatic carbocycles. The lowest BCUT2D eigenvalue weighted by molar-refractivity contribution is 0.00756. The van der Waals surface area contributed by atoms with Gasteiger partial charge in [0.05, 0.1) is 0 Å². The molecule has 1 aliphatic carbocycles. The van der Waals surface area contributed by atoms with Gasteiger partial charge in [-0.25, -0.2) is 4.79 Å². The van der Waals surface area contributed by atoms with Crippen molar-refractivity contribution in [1.82, 2.24) is 10.5 Å². The Morgan fingerprint density at radius 1 is 1.25 bits per heavy atom. The Morgan fingerprint density at radius 3 is 2.57 bits per heavy atom. The van der Waals surface area contributed by atoms with Crippen LogP contribution in [0.1, 0.15) is 64.2 Å². The lowest BCUT2D eigenvalue weighted by Crippen LogP contribution is -2.41. The smallest absolute Gasteiger partial charge is 0.405 e. The monoisotopic (exact) mass is 385 g/mol. The van der Waals surface area contributed by atoms with Crippen LogP contribution in [0.2, 0.25) is 0 Å². The number of ether oxygens (including phenoxy) is 1. The number of hydrogen-bond acceptors (Lipinski definition) is 5. The van der Waals surface area contributed by atoms with E-state index in [4.69, 9.17) is 15.0 Å². The van der Waals surface area contributed by atoms with Crippen molar-refractivity contribution in [3.05, 3.63) is 42.2 Å². The highest BCUT2D eigenvalue weighted by molar-refractivity contribution is 5.65. The fourth-order valence-corrected chi connectivity index (χ4v) is 3.86. The molecule has 0 spiro atoms. The fourth-order valence-electron chi connectivity index (χ4n) is 3.86. The Labute approximate surface area is 166 Å². The van der Waals surface area contributed by atoms with E-state index in [2.05, 4.69) is 24.3 Å². The molecule has 1 aromatic heterocycles. The molecule has 3 N–H and O–H groups in total. The quantitative estimate of drug-likeness (QED) is 0.667. The molecule has 1 atom stereocenters. The first-order chi connectivity index (χ1) is 13.5. The SMILES string of the molecule is CC(C)(CNC1CCCCCC1)C(OC(N)=O)c1cc(-c2ccccc2)no1. The lowest BCUT2D eigenvalue weighted by Gasteiger charge is -2.33. The average Bonchev–Trinajstić information content (AvgIpc) is 3.01. The van der Waals surface area contributed by atoms with Crippen molar-refractivity contribution in [3.63, 3.8) is 0 Å². The summed E-state index contributed by atoms with van der Waals surface area (Å²) in [5.74, 6) is 0.505. The maximum atomic E-state index is 11.6. The second-order valence-electron chi connectivity index (χ2n) is 8.36. The molecule has 6 heteroatoms. The van der Waals surface area contributed by atoms with E-state index in [1.54, 1.807) is 0 Å². The highest BCUT2D eigenvalue weighted by Gasteiger charge is 2.37. The molecule has 0 radical (unpaired) electrons. The second kappa shape index (κ2) is 9.24. The molecule has 1 heterocycles. The van der Waals surface area contributed by atoms with Gasteiger partial charge >= 0.3 is 6.09 Å². The summed E-state index contributed by atoms with van der Waals surface area (Å²) in [4.78, 5) is 11.6. The third-order valence-corrected chi connectivity index (χ3v) is 5.50. The van der Waals surface area contributed by atoms with Gasteiger partial charge in [0.15, 0.2) is 11.9 Å². The number of carbonyl (C=O) groups is 1. The van der Waals surface area contributed by atoms with Gasteiger partial charge in [-0.2, -0.15) is 0 Å². The Bertz CT molecular complexity index is 749. The number of carbonyl (C=O) groups excluding carboxylic acids is 1. The molecule has 0 aliphatic heterocycles. The number of aromatic nitrogens is 1. The predicted octanol–water partition coefficient (Wildman–Crippen LogP) is 4.82. The minimum Gasteiger partial charge on any atom is -0.437 e. The summed E-state index contributed by atoms with van der Waals surface area (Å²) in [5, 5.41) is 7.83. The van der Waals surface area contributed by atoms with Crippen LogP contribution < -0.4 is 11.1 Å². The molecule has 0 bridgehead atoms. The van der Waals surface area contributed by atoms with E-state index < -0.39 is 17.6 Å². The molecular weight excluding hydrogens is 354 g/mol. The number of benzene rings is 1. The van der Waals surface area contributed by atoms with Crippen LogP contribution in [0.5, 0.6) is 0 Å². The first kappa shape index (κ1) is 20.4. The standard InChI is InChI=1S/C22H31N3O3/c1-22(2,15-24-17-12-8-3-4-9-13-17)20(27-21(23)26)19-14-18(25-28-19)16-10-6-5-7-11-16/h5-7,10-11,14,17,20,24H,3-4,8-9,12-13,15H2,1-2H3,(H2,23,26). The number of nitrogens with zero attached hydrogens (tertiary/aromatic N) is 1. The first-order valence-corrected chi connectivity index (χ1v) is 10.2. The highest BCUT2D eigenvalue weighted by atomic mass is 16.6. The van der Waals surface area contributed by atoms with Gasteiger partial charge in [-0.05, 0) is 12.8 Å². The van der Waals surface area contributed by atoms with Gasteiger partial charge in [0.1, 0.15) is 5.69 Å². The zero-order chi connectivity index (χ0) is 20.0. The lowest BCUT2D eigenvalue weighted by atomic mass is 9.84. The second-order valence-corrected chi connectivity index (χ2v) is 8.36. The third kappa shape index (κ3) is 5.35. The zero-order valence-electron chi connectivity index (χ0n) is 16.8. The summed E-state index contributed by atoms with van der Waals surface area (Å²) in [7, 11) is 0. The van der Waals surface area contributed by atoms with Crippen LogP contribution in [0.25, 0.3) is 11.3 Å². The van der Waals surface area contributed by atoms with Crippen LogP contribution in [0.3, 0.4) is 0 Å². The van der Waals surface area contributed by atoms with Gasteiger partial charge in [-0.1, -0.05) is 75.0 Å². The summed E-state index contributed by atoms with van der Waals surface area (Å²) in [6, 6.07) is 12.1. The van der Waals surface area contributed by atoms with Crippen molar-refractivity contribution in [1.29, 1.82) is 0 Å². The van der Waals surface area contributed by atoms with Crippen LogP contribution in [-0.2, 0) is 4.74 Å². The van der Waals surface area contributed by atoms with Gasteiger partial charge in [0, 0.05) is 29.6 Å². The molecular formula is C22H31N3O3. The Morgan fingerprint density at radius 2 is 1.93 bits per heavy atom. The van der Waals surface area contributed by atoms with Crippen LogP contribution in [0, 0.1) is 5.41 Å². The minimum atomic E-state index is -0.815. The summed E-state index contributed by atoms with van der Waals surface area (Å²) in [6.07, 6.45) is 6.11. The zero-order valence-corrected chi connectivity index (χ0v) is 16.8. The molecule has 28 heavy (non-hydrogen) atoms. The predicted molar refractivity (Wildman–Crippen MR) is 109 cm³/mol. The maximum absolute atomic E-state index is 11.6. The number of rotatable bonds is 7. The van der Waals surface area contributed by atoms with E-state index >= 15 is 0 Å². The van der Waals surface area contributed by atoms with Crippen molar-refractivity contribution in [2.24, 2.45) is 11.1 Å². The summed E-state index contributed by atoms with van der Waals surface area (Å²) in [5.41, 5.74) is 6.61. The fraction of sp³-hybridized carbons (Fsp3) is 0.545. The molecule has 3 rings (SSSR count). The van der Waals surface area contributed by atoms with E-state index in [0.717, 1.165) is 5.56 Å². The number of nitrogens with one attached hydrogen (secondary N) is 1. The summed E-state index contributed by atoms with van der Waals surface area (Å²) >= 11 is 0. The van der Waals surface area contributed by atoms with Gasteiger partial charge in [0.2, 0.25) is 0 Å². The van der Waals surface area contributed by atoms with E-state index in [1.165, 1.54) is 38.5 Å². The van der Waals surface area contributed by atoms with Gasteiger partial charge < -0.3 is 20.3 Å². The van der Waals surface area contributed by atoms with Crippen molar-refractivity contribution in [2.45, 2.75) is 64.5 Å². The van der Waals surface area contributed by atoms with E-state index in [-0.39, 0.29) is 0 Å². The Hall–Kier alpha value is -2.34. The van der Waals surface area contributed by atoms with Gasteiger partial charge in [-0.3, -0.25) is 0 Å². The van der Waals surface area contributed by atoms with E-state index in [1.807, 2.05) is 36.4 Å². The van der Waals surface area contributed by atoms with Crippen molar-refractivity contribution in [3.8, 4) is 11.3 Å². The number of primary amides is 1. The normalized spacial score (nSPS) is 17.1. The largest absolute Gasteiger partial charge is 0.437 e. The highest BCUT2D eigenvalue weighted by Crippen LogP contribution is 2.38. The van der Waals surface area contributed by atoms with Crippen LogP contribution in [-0.4, -0.2) is 23.8 Å². The number of hydrogen-bond donors (Lipinski definition) is 2. The molecule has 1 amide bonds. The van der Waals surface area contributed by atoms with Crippen molar-refractivity contribution < 1.29 is 14.1 Å². The Balaban J connectivity index is 1.74. The minimum absolute atomic E-state index is 0.408. The van der Waals surface area contributed by atoms with Crippen LogP contribution in [0.4, 0.5) is 4.79 Å². The molecule has 2 aromatic rings. The topological polar surface area (TPSA) is 90.4 Å². The van der Waals surface area contributed by atoms with Gasteiger partial charge in [0.25, 0.3) is 0 Å². The Kier molecular flexibility index (Phi) is 6.73. The van der Waals surface area contributed by atoms with Crippen LogP contribution in [0.15, 0.2) is 40.9 Å². The number of nitrogens with two attached hydrogens (primary N) is 1.